The Balaban J connectivity index is 1.60. The zero-order valence-corrected chi connectivity index (χ0v) is 19.2. The molecule has 0 saturated carbocycles. The number of hydrogen-bond donors (Lipinski definition) is 2. The number of carbonyl (C=O) groups is 1. The molecule has 0 aliphatic heterocycles. The summed E-state index contributed by atoms with van der Waals surface area (Å²) in [5, 5.41) is 6.73. The van der Waals surface area contributed by atoms with Crippen LogP contribution in [0, 0.1) is 0 Å². The van der Waals surface area contributed by atoms with Crippen LogP contribution in [0.1, 0.15) is 12.5 Å². The molecule has 0 radical (unpaired) electrons. The van der Waals surface area contributed by atoms with Gasteiger partial charge in [0.05, 0.1) is 12.8 Å². The topological polar surface area (TPSA) is 122 Å². The van der Waals surface area contributed by atoms with E-state index < -0.39 is 10.0 Å². The van der Waals surface area contributed by atoms with Crippen molar-refractivity contribution in [2.75, 3.05) is 28.2 Å². The Hall–Kier alpha value is -3.99. The van der Waals surface area contributed by atoms with E-state index in [0.29, 0.717) is 29.6 Å². The van der Waals surface area contributed by atoms with Crippen molar-refractivity contribution in [2.45, 2.75) is 13.5 Å². The molecule has 1 amide bonds. The lowest BCUT2D eigenvalue weighted by Crippen LogP contribution is -2.27. The molecule has 0 saturated heterocycles. The highest BCUT2D eigenvalue weighted by atomic mass is 32.2. The van der Waals surface area contributed by atoms with Gasteiger partial charge in [-0.25, -0.2) is 18.4 Å². The van der Waals surface area contributed by atoms with Gasteiger partial charge < -0.3 is 15.2 Å². The Morgan fingerprint density at radius 2 is 1.82 bits per heavy atom. The van der Waals surface area contributed by atoms with Gasteiger partial charge in [-0.05, 0) is 36.4 Å². The van der Waals surface area contributed by atoms with Crippen LogP contribution in [0.5, 0.6) is 0 Å². The zero-order valence-electron chi connectivity index (χ0n) is 18.3. The monoisotopic (exact) mass is 465 g/mol. The van der Waals surface area contributed by atoms with E-state index >= 15 is 0 Å². The molecule has 0 unspecified atom stereocenters. The van der Waals surface area contributed by atoms with E-state index in [1.165, 1.54) is 18.3 Å². The lowest BCUT2D eigenvalue weighted by Gasteiger charge is -2.19. The molecule has 0 bridgehead atoms. The first-order valence-electron chi connectivity index (χ1n) is 10.0. The van der Waals surface area contributed by atoms with Gasteiger partial charge in [0.1, 0.15) is 11.5 Å². The number of benzene rings is 1. The standard InChI is InChI=1S/C22H23N7O3S/c1-15(30)25-18-6-8-19(9-7-18)26-22-24-13-16-10-12-29(21(16)27-22)14-17-5-4-11-23-20(17)28(2)33(3,31)32/h4-13H,14H2,1-3H3,(H,25,30)(H,24,26,27). The number of amides is 1. The number of anilines is 4. The van der Waals surface area contributed by atoms with Crippen molar-refractivity contribution in [3.05, 3.63) is 66.6 Å². The third-order valence-corrected chi connectivity index (χ3v) is 6.14. The van der Waals surface area contributed by atoms with E-state index in [0.717, 1.165) is 22.9 Å². The summed E-state index contributed by atoms with van der Waals surface area (Å²) in [4.78, 5) is 24.4. The van der Waals surface area contributed by atoms with Crippen LogP contribution in [0.15, 0.2) is 61.1 Å². The lowest BCUT2D eigenvalue weighted by atomic mass is 10.2. The van der Waals surface area contributed by atoms with Crippen LogP contribution in [-0.4, -0.2) is 47.1 Å². The van der Waals surface area contributed by atoms with Crippen molar-refractivity contribution in [2.24, 2.45) is 0 Å². The molecule has 2 N–H and O–H groups in total. The summed E-state index contributed by atoms with van der Waals surface area (Å²) in [6.45, 7) is 1.84. The van der Waals surface area contributed by atoms with Crippen molar-refractivity contribution in [1.82, 2.24) is 19.5 Å². The number of fused-ring (bicyclic) bond motifs is 1. The minimum Gasteiger partial charge on any atom is -0.328 e. The number of hydrogen-bond acceptors (Lipinski definition) is 7. The number of aromatic nitrogens is 4. The van der Waals surface area contributed by atoms with Gasteiger partial charge in [0.15, 0.2) is 0 Å². The highest BCUT2D eigenvalue weighted by molar-refractivity contribution is 7.92. The molecule has 0 atom stereocenters. The Labute approximate surface area is 191 Å². The Morgan fingerprint density at radius 1 is 1.09 bits per heavy atom. The van der Waals surface area contributed by atoms with Crippen LogP contribution >= 0.6 is 0 Å². The second-order valence-corrected chi connectivity index (χ2v) is 9.53. The van der Waals surface area contributed by atoms with Crippen LogP contribution in [-0.2, 0) is 21.4 Å². The highest BCUT2D eigenvalue weighted by Gasteiger charge is 2.18. The summed E-state index contributed by atoms with van der Waals surface area (Å²) in [6, 6.07) is 12.7. The smallest absolute Gasteiger partial charge is 0.233 e. The molecular formula is C22H23N7O3S. The molecular weight excluding hydrogens is 442 g/mol. The van der Waals surface area contributed by atoms with Crippen LogP contribution in [0.2, 0.25) is 0 Å². The summed E-state index contributed by atoms with van der Waals surface area (Å²) >= 11 is 0. The third-order valence-electron chi connectivity index (χ3n) is 4.97. The number of pyridine rings is 1. The van der Waals surface area contributed by atoms with Crippen molar-refractivity contribution in [3.63, 3.8) is 0 Å². The lowest BCUT2D eigenvalue weighted by molar-refractivity contribution is -0.114. The molecule has 3 aromatic heterocycles. The van der Waals surface area contributed by atoms with Gasteiger partial charge in [-0.3, -0.25) is 9.10 Å². The maximum atomic E-state index is 12.0. The first kappa shape index (κ1) is 22.2. The number of nitrogens with one attached hydrogen (secondary N) is 2. The summed E-state index contributed by atoms with van der Waals surface area (Å²) in [5.74, 6) is 0.646. The van der Waals surface area contributed by atoms with Crippen LogP contribution in [0.4, 0.5) is 23.1 Å². The molecule has 0 fully saturated rings. The van der Waals surface area contributed by atoms with Crippen molar-refractivity contribution in [3.8, 4) is 0 Å². The molecule has 0 aliphatic rings. The fourth-order valence-corrected chi connectivity index (χ4v) is 3.78. The second kappa shape index (κ2) is 8.87. The number of carbonyl (C=O) groups excluding carboxylic acids is 1. The predicted molar refractivity (Wildman–Crippen MR) is 128 cm³/mol. The van der Waals surface area contributed by atoms with Gasteiger partial charge in [0, 0.05) is 54.9 Å². The molecule has 170 valence electrons. The van der Waals surface area contributed by atoms with Crippen molar-refractivity contribution < 1.29 is 13.2 Å². The fourth-order valence-electron chi connectivity index (χ4n) is 3.31. The molecule has 3 heterocycles. The molecule has 11 heteroatoms. The molecule has 10 nitrogen and oxygen atoms in total. The fraction of sp³-hybridized carbons (Fsp3) is 0.182. The van der Waals surface area contributed by atoms with Gasteiger partial charge in [-0.15, -0.1) is 0 Å². The van der Waals surface area contributed by atoms with E-state index in [1.807, 2.05) is 35.0 Å². The van der Waals surface area contributed by atoms with E-state index in [-0.39, 0.29) is 5.91 Å². The minimum atomic E-state index is -3.45. The van der Waals surface area contributed by atoms with Crippen LogP contribution in [0.25, 0.3) is 11.0 Å². The summed E-state index contributed by atoms with van der Waals surface area (Å²) < 4.78 is 27.1. The maximum absolute atomic E-state index is 12.0. The SMILES string of the molecule is CC(=O)Nc1ccc(Nc2ncc3ccn(Cc4cccnc4N(C)S(C)(=O)=O)c3n2)cc1. The molecule has 4 rings (SSSR count). The second-order valence-electron chi connectivity index (χ2n) is 7.52. The van der Waals surface area contributed by atoms with E-state index in [4.69, 9.17) is 0 Å². The van der Waals surface area contributed by atoms with E-state index in [2.05, 4.69) is 25.6 Å². The summed E-state index contributed by atoms with van der Waals surface area (Å²) in [7, 11) is -1.97. The molecule has 0 spiro atoms. The van der Waals surface area contributed by atoms with Gasteiger partial charge in [-0.2, -0.15) is 4.98 Å². The molecule has 33 heavy (non-hydrogen) atoms. The summed E-state index contributed by atoms with van der Waals surface area (Å²) in [5.41, 5.74) is 2.90. The summed E-state index contributed by atoms with van der Waals surface area (Å²) in [6.07, 6.45) is 6.31. The van der Waals surface area contributed by atoms with E-state index in [1.54, 1.807) is 30.6 Å². The van der Waals surface area contributed by atoms with Gasteiger partial charge in [0.25, 0.3) is 0 Å². The highest BCUT2D eigenvalue weighted by Crippen LogP contribution is 2.23. The third kappa shape index (κ3) is 5.09. The first-order valence-corrected chi connectivity index (χ1v) is 11.9. The quantitative estimate of drug-likeness (QED) is 0.430. The minimum absolute atomic E-state index is 0.134. The predicted octanol–water partition coefficient (Wildman–Crippen LogP) is 2.97. The number of nitrogens with zero attached hydrogens (tertiary/aromatic N) is 5. The zero-order chi connectivity index (χ0) is 23.6. The Morgan fingerprint density at radius 3 is 2.52 bits per heavy atom. The maximum Gasteiger partial charge on any atom is 0.233 e. The average molecular weight is 466 g/mol. The first-order chi connectivity index (χ1) is 15.7. The van der Waals surface area contributed by atoms with Gasteiger partial charge in [0.2, 0.25) is 21.9 Å². The van der Waals surface area contributed by atoms with Crippen LogP contribution in [0.3, 0.4) is 0 Å². The molecule has 0 aliphatic carbocycles. The Bertz CT molecular complexity index is 1420. The van der Waals surface area contributed by atoms with E-state index in [9.17, 15) is 13.2 Å². The Kier molecular flexibility index (Phi) is 5.97. The van der Waals surface area contributed by atoms with Crippen LogP contribution < -0.4 is 14.9 Å². The van der Waals surface area contributed by atoms with Gasteiger partial charge in [-0.1, -0.05) is 6.07 Å². The number of rotatable bonds is 7. The van der Waals surface area contributed by atoms with Crippen molar-refractivity contribution >= 4 is 50.1 Å². The van der Waals surface area contributed by atoms with Gasteiger partial charge >= 0.3 is 0 Å². The normalized spacial score (nSPS) is 11.4. The molecule has 4 aromatic rings. The molecule has 1 aromatic carbocycles. The average Bonchev–Trinajstić information content (AvgIpc) is 3.16. The number of sulfonamides is 1. The largest absolute Gasteiger partial charge is 0.328 e. The van der Waals surface area contributed by atoms with Crippen molar-refractivity contribution in [1.29, 1.82) is 0 Å².